The third kappa shape index (κ3) is 2.05. The van der Waals surface area contributed by atoms with Crippen molar-refractivity contribution in [2.75, 3.05) is 11.9 Å². The van der Waals surface area contributed by atoms with Gasteiger partial charge < -0.3 is 5.32 Å². The van der Waals surface area contributed by atoms with Gasteiger partial charge in [-0.3, -0.25) is 0 Å². The lowest BCUT2D eigenvalue weighted by atomic mass is 10.1. The molecule has 0 amide bonds. The van der Waals surface area contributed by atoms with Crippen molar-refractivity contribution in [1.82, 2.24) is 9.78 Å². The molecule has 0 saturated carbocycles. The van der Waals surface area contributed by atoms with Crippen molar-refractivity contribution < 1.29 is 13.2 Å². The molecule has 0 spiro atoms. The number of aromatic nitrogens is 2. The standard InChI is InChI=1S/C14H14F3N3/c1-2-12-11-6-7-18-13(11)20(19-12)10-5-3-4-9(8-10)14(15,16)17/h3-5,8,18H,2,6-7H2,1H3. The lowest BCUT2D eigenvalue weighted by molar-refractivity contribution is -0.137. The van der Waals surface area contributed by atoms with Gasteiger partial charge in [-0.2, -0.15) is 18.3 Å². The van der Waals surface area contributed by atoms with Gasteiger partial charge in [0.2, 0.25) is 0 Å². The van der Waals surface area contributed by atoms with E-state index in [-0.39, 0.29) is 0 Å². The molecule has 2 aromatic rings. The Morgan fingerprint density at radius 3 is 2.85 bits per heavy atom. The highest BCUT2D eigenvalue weighted by Crippen LogP contribution is 2.33. The van der Waals surface area contributed by atoms with Crippen LogP contribution < -0.4 is 5.32 Å². The third-order valence-electron chi connectivity index (χ3n) is 3.49. The van der Waals surface area contributed by atoms with Crippen molar-refractivity contribution in [2.45, 2.75) is 25.9 Å². The smallest absolute Gasteiger partial charge is 0.369 e. The van der Waals surface area contributed by atoms with Gasteiger partial charge in [-0.25, -0.2) is 4.68 Å². The fourth-order valence-corrected chi connectivity index (χ4v) is 2.53. The van der Waals surface area contributed by atoms with Crippen LogP contribution in [0.2, 0.25) is 0 Å². The van der Waals surface area contributed by atoms with Gasteiger partial charge in [0, 0.05) is 12.1 Å². The first kappa shape index (κ1) is 13.0. The molecular formula is C14H14F3N3. The molecule has 1 N–H and O–H groups in total. The number of anilines is 1. The van der Waals surface area contributed by atoms with Crippen molar-refractivity contribution in [3.63, 3.8) is 0 Å². The summed E-state index contributed by atoms with van der Waals surface area (Å²) in [6.07, 6.45) is -2.69. The maximum atomic E-state index is 12.8. The van der Waals surface area contributed by atoms with Crippen LogP contribution in [-0.2, 0) is 19.0 Å². The van der Waals surface area contributed by atoms with Crippen LogP contribution in [-0.4, -0.2) is 16.3 Å². The van der Waals surface area contributed by atoms with Crippen LogP contribution in [0, 0.1) is 0 Å². The van der Waals surface area contributed by atoms with Gasteiger partial charge in [-0.15, -0.1) is 0 Å². The van der Waals surface area contributed by atoms with Crippen molar-refractivity contribution in [3.05, 3.63) is 41.1 Å². The first-order valence-electron chi connectivity index (χ1n) is 6.53. The molecule has 1 aliphatic rings. The number of nitrogens with zero attached hydrogens (tertiary/aromatic N) is 2. The van der Waals surface area contributed by atoms with E-state index in [0.29, 0.717) is 5.69 Å². The Labute approximate surface area is 114 Å². The van der Waals surface area contributed by atoms with Crippen LogP contribution in [0.1, 0.15) is 23.7 Å². The summed E-state index contributed by atoms with van der Waals surface area (Å²) in [5, 5.41) is 7.63. The van der Waals surface area contributed by atoms with E-state index in [4.69, 9.17) is 0 Å². The molecule has 0 fully saturated rings. The topological polar surface area (TPSA) is 29.9 Å². The zero-order chi connectivity index (χ0) is 14.3. The second-order valence-electron chi connectivity index (χ2n) is 4.76. The van der Waals surface area contributed by atoms with Crippen LogP contribution in [0.25, 0.3) is 5.69 Å². The van der Waals surface area contributed by atoms with E-state index < -0.39 is 11.7 Å². The van der Waals surface area contributed by atoms with E-state index in [1.807, 2.05) is 6.92 Å². The number of rotatable bonds is 2. The quantitative estimate of drug-likeness (QED) is 0.914. The number of fused-ring (bicyclic) bond motifs is 1. The number of halogens is 3. The van der Waals surface area contributed by atoms with Crippen LogP contribution in [0.4, 0.5) is 19.0 Å². The minimum Gasteiger partial charge on any atom is -0.369 e. The van der Waals surface area contributed by atoms with Gasteiger partial charge in [0.25, 0.3) is 0 Å². The maximum Gasteiger partial charge on any atom is 0.416 e. The fourth-order valence-electron chi connectivity index (χ4n) is 2.53. The summed E-state index contributed by atoms with van der Waals surface area (Å²) in [5.74, 6) is 0.821. The molecule has 6 heteroatoms. The Bertz CT molecular complexity index is 644. The predicted octanol–water partition coefficient (Wildman–Crippen LogP) is 3.42. The Morgan fingerprint density at radius 2 is 2.15 bits per heavy atom. The number of hydrogen-bond acceptors (Lipinski definition) is 2. The third-order valence-corrected chi connectivity index (χ3v) is 3.49. The first-order valence-corrected chi connectivity index (χ1v) is 6.53. The van der Waals surface area contributed by atoms with Gasteiger partial charge in [-0.05, 0) is 31.0 Å². The van der Waals surface area contributed by atoms with Crippen LogP contribution in [0.15, 0.2) is 24.3 Å². The molecule has 3 nitrogen and oxygen atoms in total. The van der Waals surface area contributed by atoms with Gasteiger partial charge >= 0.3 is 6.18 Å². The van der Waals surface area contributed by atoms with Gasteiger partial charge in [0.05, 0.1) is 16.9 Å². The Hall–Kier alpha value is -1.98. The van der Waals surface area contributed by atoms with E-state index in [1.165, 1.54) is 6.07 Å². The molecule has 106 valence electrons. The zero-order valence-electron chi connectivity index (χ0n) is 11.0. The molecule has 1 aromatic heterocycles. The van der Waals surface area contributed by atoms with Crippen LogP contribution in [0.5, 0.6) is 0 Å². The van der Waals surface area contributed by atoms with Crippen LogP contribution >= 0.6 is 0 Å². The molecule has 20 heavy (non-hydrogen) atoms. The highest BCUT2D eigenvalue weighted by atomic mass is 19.4. The minimum atomic E-state index is -4.34. The SMILES string of the molecule is CCc1nn(-c2cccc(C(F)(F)F)c2)c2c1CCN2. The average molecular weight is 281 g/mol. The molecular weight excluding hydrogens is 267 g/mol. The number of aryl methyl sites for hydroxylation is 1. The monoisotopic (exact) mass is 281 g/mol. The van der Waals surface area contributed by atoms with Crippen LogP contribution in [0.3, 0.4) is 0 Å². The van der Waals surface area contributed by atoms with Gasteiger partial charge in [0.15, 0.2) is 0 Å². The van der Waals surface area contributed by atoms with Crippen molar-refractivity contribution in [3.8, 4) is 5.69 Å². The molecule has 0 aliphatic carbocycles. The van der Waals surface area contributed by atoms with Crippen molar-refractivity contribution in [1.29, 1.82) is 0 Å². The van der Waals surface area contributed by atoms with Crippen molar-refractivity contribution >= 4 is 5.82 Å². The Kier molecular flexibility index (Phi) is 2.96. The molecule has 1 aliphatic heterocycles. The second-order valence-corrected chi connectivity index (χ2v) is 4.76. The second kappa shape index (κ2) is 4.54. The normalized spacial score (nSPS) is 14.2. The number of nitrogens with one attached hydrogen (secondary N) is 1. The highest BCUT2D eigenvalue weighted by molar-refractivity contribution is 5.57. The molecule has 0 unspecified atom stereocenters. The fraction of sp³-hybridized carbons (Fsp3) is 0.357. The minimum absolute atomic E-state index is 0.435. The number of alkyl halides is 3. The Balaban J connectivity index is 2.10. The van der Waals surface area contributed by atoms with E-state index in [9.17, 15) is 13.2 Å². The molecule has 0 bridgehead atoms. The van der Waals surface area contributed by atoms with Crippen molar-refractivity contribution in [2.24, 2.45) is 0 Å². The zero-order valence-corrected chi connectivity index (χ0v) is 11.0. The van der Waals surface area contributed by atoms with E-state index in [0.717, 1.165) is 48.6 Å². The van der Waals surface area contributed by atoms with Gasteiger partial charge in [-0.1, -0.05) is 13.0 Å². The summed E-state index contributed by atoms with van der Waals surface area (Å²) in [5.41, 5.74) is 1.84. The summed E-state index contributed by atoms with van der Waals surface area (Å²) in [6, 6.07) is 5.25. The molecule has 0 radical (unpaired) electrons. The number of hydrogen-bond donors (Lipinski definition) is 1. The molecule has 2 heterocycles. The lowest BCUT2D eigenvalue weighted by Crippen LogP contribution is -2.08. The molecule has 3 rings (SSSR count). The first-order chi connectivity index (χ1) is 9.50. The summed E-state index contributed by atoms with van der Waals surface area (Å²) in [6.45, 7) is 2.80. The predicted molar refractivity (Wildman–Crippen MR) is 70.1 cm³/mol. The molecule has 0 saturated heterocycles. The highest BCUT2D eigenvalue weighted by Gasteiger charge is 2.31. The average Bonchev–Trinajstić information content (AvgIpc) is 2.99. The summed E-state index contributed by atoms with van der Waals surface area (Å²) in [7, 11) is 0. The molecule has 0 atom stereocenters. The summed E-state index contributed by atoms with van der Waals surface area (Å²) in [4.78, 5) is 0. The largest absolute Gasteiger partial charge is 0.416 e. The van der Waals surface area contributed by atoms with E-state index in [1.54, 1.807) is 10.7 Å². The summed E-state index contributed by atoms with van der Waals surface area (Å²) >= 11 is 0. The number of benzene rings is 1. The summed E-state index contributed by atoms with van der Waals surface area (Å²) < 4.78 is 39.9. The van der Waals surface area contributed by atoms with E-state index in [2.05, 4.69) is 10.4 Å². The lowest BCUT2D eigenvalue weighted by Gasteiger charge is -2.10. The molecule has 1 aromatic carbocycles. The Morgan fingerprint density at radius 1 is 1.35 bits per heavy atom. The van der Waals surface area contributed by atoms with E-state index >= 15 is 0 Å². The maximum absolute atomic E-state index is 12.8. The van der Waals surface area contributed by atoms with Gasteiger partial charge in [0.1, 0.15) is 5.82 Å².